The predicted octanol–water partition coefficient (Wildman–Crippen LogP) is 3.30. The normalized spacial score (nSPS) is 11.2. The van der Waals surface area contributed by atoms with Crippen LogP contribution in [0.2, 0.25) is 0 Å². The van der Waals surface area contributed by atoms with Gasteiger partial charge >= 0.3 is 0 Å². The highest BCUT2D eigenvalue weighted by atomic mass is 32.2. The van der Waals surface area contributed by atoms with Gasteiger partial charge in [-0.05, 0) is 42.8 Å². The van der Waals surface area contributed by atoms with Gasteiger partial charge in [0.25, 0.3) is 15.9 Å². The van der Waals surface area contributed by atoms with Gasteiger partial charge in [0.05, 0.1) is 10.6 Å². The van der Waals surface area contributed by atoms with Gasteiger partial charge in [-0.15, -0.1) is 0 Å². The second-order valence-electron chi connectivity index (χ2n) is 5.37. The van der Waals surface area contributed by atoms with Gasteiger partial charge in [0.15, 0.2) is 11.6 Å². The number of unbranched alkanes of at least 4 members (excludes halogenated alkanes) is 1. The number of hydrogen-bond donors (Lipinski definition) is 2. The van der Waals surface area contributed by atoms with E-state index in [1.54, 1.807) is 0 Å². The molecule has 0 fully saturated rings. The Morgan fingerprint density at radius 1 is 1.04 bits per heavy atom. The summed E-state index contributed by atoms with van der Waals surface area (Å²) in [6.45, 7) is 2.55. The molecule has 25 heavy (non-hydrogen) atoms. The largest absolute Gasteiger partial charge is 0.352 e. The number of rotatable bonds is 7. The van der Waals surface area contributed by atoms with Crippen molar-refractivity contribution in [1.82, 2.24) is 5.32 Å². The lowest BCUT2D eigenvalue weighted by molar-refractivity contribution is 0.0953. The summed E-state index contributed by atoms with van der Waals surface area (Å²) in [5, 5.41) is 2.73. The molecule has 2 rings (SSSR count). The molecule has 0 aromatic heterocycles. The number of carbonyl (C=O) groups excluding carboxylic acids is 1. The predicted molar refractivity (Wildman–Crippen MR) is 90.8 cm³/mol. The van der Waals surface area contributed by atoms with E-state index in [0.29, 0.717) is 12.1 Å². The van der Waals surface area contributed by atoms with Crippen LogP contribution in [0.5, 0.6) is 0 Å². The highest BCUT2D eigenvalue weighted by molar-refractivity contribution is 7.92. The molecule has 2 aromatic carbocycles. The molecule has 0 unspecified atom stereocenters. The summed E-state index contributed by atoms with van der Waals surface area (Å²) in [5.74, 6) is -2.51. The molecule has 0 aliphatic rings. The maximum absolute atomic E-state index is 13.2. The van der Waals surface area contributed by atoms with E-state index in [0.717, 1.165) is 31.0 Å². The van der Waals surface area contributed by atoms with Crippen LogP contribution in [-0.4, -0.2) is 20.9 Å². The van der Waals surface area contributed by atoms with Crippen LogP contribution < -0.4 is 10.0 Å². The lowest BCUT2D eigenvalue weighted by Crippen LogP contribution is -2.24. The van der Waals surface area contributed by atoms with Crippen LogP contribution in [0.25, 0.3) is 0 Å². The van der Waals surface area contributed by atoms with Gasteiger partial charge in [-0.1, -0.05) is 13.3 Å². The maximum atomic E-state index is 13.2. The van der Waals surface area contributed by atoms with Crippen molar-refractivity contribution >= 4 is 21.6 Å². The van der Waals surface area contributed by atoms with E-state index in [-0.39, 0.29) is 16.5 Å². The van der Waals surface area contributed by atoms with Crippen LogP contribution in [0.3, 0.4) is 0 Å². The van der Waals surface area contributed by atoms with E-state index in [1.165, 1.54) is 24.3 Å². The van der Waals surface area contributed by atoms with E-state index in [2.05, 4.69) is 10.0 Å². The summed E-state index contributed by atoms with van der Waals surface area (Å²) in [7, 11) is -3.98. The number of carbonyl (C=O) groups is 1. The Morgan fingerprint density at radius 3 is 2.32 bits per heavy atom. The van der Waals surface area contributed by atoms with E-state index in [4.69, 9.17) is 0 Å². The Hall–Kier alpha value is -2.48. The molecule has 0 spiro atoms. The average Bonchev–Trinajstić information content (AvgIpc) is 2.58. The van der Waals surface area contributed by atoms with Crippen LogP contribution in [0.1, 0.15) is 30.1 Å². The molecule has 0 saturated heterocycles. The van der Waals surface area contributed by atoms with Crippen LogP contribution >= 0.6 is 0 Å². The second-order valence-corrected chi connectivity index (χ2v) is 7.05. The minimum atomic E-state index is -3.98. The summed E-state index contributed by atoms with van der Waals surface area (Å²) >= 11 is 0. The molecule has 2 aromatic rings. The fraction of sp³-hybridized carbons (Fsp3) is 0.235. The number of sulfonamides is 1. The summed E-state index contributed by atoms with van der Waals surface area (Å²) in [4.78, 5) is 11.8. The van der Waals surface area contributed by atoms with Gasteiger partial charge in [0.1, 0.15) is 0 Å². The number of benzene rings is 2. The monoisotopic (exact) mass is 368 g/mol. The molecular weight excluding hydrogens is 350 g/mol. The zero-order chi connectivity index (χ0) is 18.4. The van der Waals surface area contributed by atoms with Crippen molar-refractivity contribution in [2.75, 3.05) is 11.3 Å². The molecule has 1 amide bonds. The van der Waals surface area contributed by atoms with Crippen LogP contribution in [-0.2, 0) is 10.0 Å². The van der Waals surface area contributed by atoms with Gasteiger partial charge < -0.3 is 5.32 Å². The number of anilines is 1. The number of amides is 1. The first-order valence-corrected chi connectivity index (χ1v) is 9.18. The Morgan fingerprint density at radius 2 is 1.72 bits per heavy atom. The van der Waals surface area contributed by atoms with Gasteiger partial charge in [-0.25, -0.2) is 17.2 Å². The lowest BCUT2D eigenvalue weighted by atomic mass is 10.2. The molecule has 0 aliphatic carbocycles. The van der Waals surface area contributed by atoms with E-state index >= 15 is 0 Å². The summed E-state index contributed by atoms with van der Waals surface area (Å²) in [6.07, 6.45) is 1.81. The molecule has 0 aliphatic heterocycles. The van der Waals surface area contributed by atoms with Crippen LogP contribution in [0, 0.1) is 11.6 Å². The summed E-state index contributed by atoms with van der Waals surface area (Å²) in [6, 6.07) is 8.03. The summed E-state index contributed by atoms with van der Waals surface area (Å²) in [5.41, 5.74) is 0.239. The highest BCUT2D eigenvalue weighted by Crippen LogP contribution is 2.18. The van der Waals surface area contributed by atoms with Gasteiger partial charge in [0.2, 0.25) is 0 Å². The van der Waals surface area contributed by atoms with Gasteiger partial charge in [-0.2, -0.15) is 0 Å². The van der Waals surface area contributed by atoms with Gasteiger partial charge in [-0.3, -0.25) is 9.52 Å². The molecular formula is C17H18F2N2O3S. The molecule has 5 nitrogen and oxygen atoms in total. The molecule has 0 atom stereocenters. The first kappa shape index (κ1) is 18.9. The third-order valence-corrected chi connectivity index (χ3v) is 4.81. The zero-order valence-corrected chi connectivity index (χ0v) is 14.4. The summed E-state index contributed by atoms with van der Waals surface area (Å²) < 4.78 is 52.7. The third-order valence-electron chi connectivity index (χ3n) is 3.41. The molecule has 0 bridgehead atoms. The molecule has 2 N–H and O–H groups in total. The molecule has 134 valence electrons. The minimum absolute atomic E-state index is 0.0951. The molecule has 0 saturated carbocycles. The SMILES string of the molecule is CCCCNC(=O)c1ccc(S(=O)(=O)Nc2ccc(F)c(F)c2)cc1. The topological polar surface area (TPSA) is 75.3 Å². The smallest absolute Gasteiger partial charge is 0.261 e. The number of halogens is 2. The van der Waals surface area contributed by atoms with Crippen molar-refractivity contribution < 1.29 is 22.0 Å². The average molecular weight is 368 g/mol. The van der Waals surface area contributed by atoms with E-state index in [1.807, 2.05) is 6.92 Å². The van der Waals surface area contributed by atoms with E-state index in [9.17, 15) is 22.0 Å². The Labute approximate surface area is 145 Å². The Balaban J connectivity index is 2.11. The van der Waals surface area contributed by atoms with Gasteiger partial charge in [0, 0.05) is 18.2 Å². The number of hydrogen-bond acceptors (Lipinski definition) is 3. The molecule has 0 radical (unpaired) electrons. The van der Waals surface area contributed by atoms with Crippen molar-refractivity contribution in [2.24, 2.45) is 0 Å². The standard InChI is InChI=1S/C17H18F2N2O3S/c1-2-3-10-20-17(22)12-4-7-14(8-5-12)25(23,24)21-13-6-9-15(18)16(19)11-13/h4-9,11,21H,2-3,10H2,1H3,(H,20,22). The minimum Gasteiger partial charge on any atom is -0.352 e. The first-order valence-electron chi connectivity index (χ1n) is 7.69. The highest BCUT2D eigenvalue weighted by Gasteiger charge is 2.16. The Kier molecular flexibility index (Phi) is 6.08. The van der Waals surface area contributed by atoms with E-state index < -0.39 is 21.7 Å². The fourth-order valence-corrected chi connectivity index (χ4v) is 3.09. The van der Waals surface area contributed by atoms with Crippen molar-refractivity contribution in [3.05, 3.63) is 59.7 Å². The van der Waals surface area contributed by atoms with Crippen molar-refractivity contribution in [1.29, 1.82) is 0 Å². The quantitative estimate of drug-likeness (QED) is 0.737. The second kappa shape index (κ2) is 8.06. The number of nitrogens with one attached hydrogen (secondary N) is 2. The maximum Gasteiger partial charge on any atom is 0.261 e. The Bertz CT molecular complexity index is 853. The van der Waals surface area contributed by atoms with Crippen molar-refractivity contribution in [3.63, 3.8) is 0 Å². The van der Waals surface area contributed by atoms with Crippen LogP contribution in [0.15, 0.2) is 47.4 Å². The zero-order valence-electron chi connectivity index (χ0n) is 13.6. The lowest BCUT2D eigenvalue weighted by Gasteiger charge is -2.09. The molecule has 0 heterocycles. The first-order chi connectivity index (χ1) is 11.8. The van der Waals surface area contributed by atoms with Crippen LogP contribution in [0.4, 0.5) is 14.5 Å². The van der Waals surface area contributed by atoms with Crippen molar-refractivity contribution in [3.8, 4) is 0 Å². The third kappa shape index (κ3) is 4.99. The molecule has 8 heteroatoms. The fourth-order valence-electron chi connectivity index (χ4n) is 2.04. The van der Waals surface area contributed by atoms with Crippen molar-refractivity contribution in [2.45, 2.75) is 24.7 Å².